The van der Waals surface area contributed by atoms with E-state index in [0.717, 1.165) is 22.6 Å². The molecule has 2 aromatic carbocycles. The number of fused-ring (bicyclic) bond motifs is 1. The van der Waals surface area contributed by atoms with Gasteiger partial charge >= 0.3 is 0 Å². The van der Waals surface area contributed by atoms with Crippen molar-refractivity contribution in [3.63, 3.8) is 0 Å². The number of thioether (sulfide) groups is 1. The van der Waals surface area contributed by atoms with Crippen molar-refractivity contribution < 1.29 is 9.59 Å². The fraction of sp³-hybridized carbons (Fsp3) is 0.190. The molecule has 1 unspecified atom stereocenters. The summed E-state index contributed by atoms with van der Waals surface area (Å²) < 4.78 is 2.00. The van der Waals surface area contributed by atoms with Crippen molar-refractivity contribution in [3.8, 4) is 0 Å². The van der Waals surface area contributed by atoms with Crippen LogP contribution >= 0.6 is 23.4 Å². The lowest BCUT2D eigenvalue weighted by atomic mass is 10.1. The van der Waals surface area contributed by atoms with E-state index in [1.54, 1.807) is 24.7 Å². The normalized spacial score (nSPS) is 15.5. The first kappa shape index (κ1) is 19.5. The van der Waals surface area contributed by atoms with Crippen LogP contribution in [0.4, 0.5) is 5.69 Å². The lowest BCUT2D eigenvalue weighted by molar-refractivity contribution is -0.124. The second-order valence-corrected chi connectivity index (χ2v) is 8.45. The number of nitrogens with zero attached hydrogens (tertiary/aromatic N) is 2. The average Bonchev–Trinajstić information content (AvgIpc) is 3.21. The molecule has 1 aromatic heterocycles. The van der Waals surface area contributed by atoms with E-state index in [1.165, 1.54) is 11.8 Å². The summed E-state index contributed by atoms with van der Waals surface area (Å²) in [6.45, 7) is 1.18. The molecule has 0 aliphatic carbocycles. The monoisotopic (exact) mass is 426 g/mol. The van der Waals surface area contributed by atoms with Gasteiger partial charge in [0.25, 0.3) is 0 Å². The van der Waals surface area contributed by atoms with Gasteiger partial charge in [0.2, 0.25) is 11.8 Å². The number of hydrogen-bond acceptors (Lipinski definition) is 4. The molecule has 0 saturated carbocycles. The van der Waals surface area contributed by atoms with Gasteiger partial charge < -0.3 is 15.2 Å². The summed E-state index contributed by atoms with van der Waals surface area (Å²) in [5.74, 6) is -0.332. The fourth-order valence-corrected chi connectivity index (χ4v) is 4.31. The number of amides is 2. The van der Waals surface area contributed by atoms with Gasteiger partial charge in [-0.15, -0.1) is 11.8 Å². The molecule has 0 saturated heterocycles. The summed E-state index contributed by atoms with van der Waals surface area (Å²) in [6.07, 6.45) is 5.57. The second-order valence-electron chi connectivity index (χ2n) is 6.77. The van der Waals surface area contributed by atoms with E-state index in [-0.39, 0.29) is 18.2 Å². The van der Waals surface area contributed by atoms with Crippen LogP contribution < -0.4 is 10.6 Å². The minimum Gasteiger partial charge on any atom is -0.352 e. The van der Waals surface area contributed by atoms with Crippen LogP contribution in [-0.4, -0.2) is 26.6 Å². The van der Waals surface area contributed by atoms with Crippen molar-refractivity contribution in [2.75, 3.05) is 5.32 Å². The molecule has 1 aliphatic heterocycles. The van der Waals surface area contributed by atoms with Gasteiger partial charge in [-0.25, -0.2) is 4.98 Å². The summed E-state index contributed by atoms with van der Waals surface area (Å²) in [4.78, 5) is 29.6. The van der Waals surface area contributed by atoms with Gasteiger partial charge in [-0.2, -0.15) is 0 Å². The molecule has 148 valence electrons. The van der Waals surface area contributed by atoms with Crippen LogP contribution in [0, 0.1) is 0 Å². The molecular weight excluding hydrogens is 408 g/mol. The van der Waals surface area contributed by atoms with Gasteiger partial charge in [-0.05, 0) is 29.3 Å². The number of rotatable bonds is 6. The smallest absolute Gasteiger partial charge is 0.238 e. The Balaban J connectivity index is 1.29. The molecule has 2 amide bonds. The zero-order valence-corrected chi connectivity index (χ0v) is 17.0. The molecule has 0 spiro atoms. The van der Waals surface area contributed by atoms with Crippen LogP contribution in [0.25, 0.3) is 0 Å². The number of benzene rings is 2. The first-order chi connectivity index (χ1) is 14.1. The topological polar surface area (TPSA) is 76.0 Å². The Bertz CT molecular complexity index is 1020. The van der Waals surface area contributed by atoms with Crippen molar-refractivity contribution >= 4 is 40.9 Å². The van der Waals surface area contributed by atoms with Crippen molar-refractivity contribution in [1.29, 1.82) is 0 Å². The molecule has 0 bridgehead atoms. The van der Waals surface area contributed by atoms with Crippen molar-refractivity contribution in [2.45, 2.75) is 29.7 Å². The van der Waals surface area contributed by atoms with Crippen molar-refractivity contribution in [1.82, 2.24) is 14.9 Å². The Morgan fingerprint density at radius 1 is 1.21 bits per heavy atom. The zero-order chi connectivity index (χ0) is 20.2. The molecule has 4 rings (SSSR count). The van der Waals surface area contributed by atoms with Gasteiger partial charge in [0.05, 0.1) is 17.3 Å². The van der Waals surface area contributed by atoms with E-state index in [4.69, 9.17) is 11.6 Å². The van der Waals surface area contributed by atoms with Crippen LogP contribution in [0.1, 0.15) is 17.5 Å². The van der Waals surface area contributed by atoms with Crippen LogP contribution in [-0.2, 0) is 22.7 Å². The first-order valence-corrected chi connectivity index (χ1v) is 10.4. The third-order valence-electron chi connectivity index (χ3n) is 4.57. The minimum atomic E-state index is -0.457. The Labute approximate surface area is 177 Å². The molecule has 3 aromatic rings. The summed E-state index contributed by atoms with van der Waals surface area (Å²) in [7, 11) is 0. The molecule has 29 heavy (non-hydrogen) atoms. The molecule has 6 nitrogen and oxygen atoms in total. The predicted octanol–water partition coefficient (Wildman–Crippen LogP) is 3.70. The zero-order valence-electron chi connectivity index (χ0n) is 15.5. The van der Waals surface area contributed by atoms with Gasteiger partial charge in [0, 0.05) is 41.8 Å². The highest BCUT2D eigenvalue weighted by molar-refractivity contribution is 8.01. The standard InChI is InChI=1S/C21H19ClN4O2S/c22-16-5-6-18-17(9-16)25-21(28)19(29-18)10-20(27)24-11-14-1-3-15(4-2-14)12-26-8-7-23-13-26/h1-9,13,19H,10-12H2,(H,24,27)(H,25,28). The third kappa shape index (κ3) is 4.99. The predicted molar refractivity (Wildman–Crippen MR) is 114 cm³/mol. The van der Waals surface area contributed by atoms with E-state index >= 15 is 0 Å². The maximum atomic E-state index is 12.3. The largest absolute Gasteiger partial charge is 0.352 e. The quantitative estimate of drug-likeness (QED) is 0.630. The van der Waals surface area contributed by atoms with Crippen LogP contribution in [0.3, 0.4) is 0 Å². The average molecular weight is 427 g/mol. The summed E-state index contributed by atoms with van der Waals surface area (Å²) in [5.41, 5.74) is 2.86. The number of halogens is 1. The number of nitrogens with one attached hydrogen (secondary N) is 2. The lowest BCUT2D eigenvalue weighted by Crippen LogP contribution is -2.34. The molecule has 8 heteroatoms. The maximum Gasteiger partial charge on any atom is 0.238 e. The summed E-state index contributed by atoms with van der Waals surface area (Å²) in [5, 5.41) is 5.83. The molecule has 0 radical (unpaired) electrons. The number of aromatic nitrogens is 2. The van der Waals surface area contributed by atoms with Crippen LogP contribution in [0.15, 0.2) is 66.1 Å². The van der Waals surface area contributed by atoms with E-state index in [0.29, 0.717) is 17.3 Å². The van der Waals surface area contributed by atoms with Gasteiger partial charge in [-0.1, -0.05) is 35.9 Å². The highest BCUT2D eigenvalue weighted by Crippen LogP contribution is 2.38. The van der Waals surface area contributed by atoms with Crippen LogP contribution in [0.2, 0.25) is 5.02 Å². The highest BCUT2D eigenvalue weighted by Gasteiger charge is 2.29. The number of imidazole rings is 1. The minimum absolute atomic E-state index is 0.122. The summed E-state index contributed by atoms with van der Waals surface area (Å²) >= 11 is 7.35. The van der Waals surface area contributed by atoms with Crippen molar-refractivity contribution in [2.24, 2.45) is 0 Å². The number of anilines is 1. The van der Waals surface area contributed by atoms with E-state index < -0.39 is 5.25 Å². The molecule has 2 N–H and O–H groups in total. The van der Waals surface area contributed by atoms with E-state index in [9.17, 15) is 9.59 Å². The maximum absolute atomic E-state index is 12.3. The Morgan fingerprint density at radius 2 is 2.00 bits per heavy atom. The van der Waals surface area contributed by atoms with E-state index in [1.807, 2.05) is 41.1 Å². The molecule has 0 fully saturated rings. The number of carbonyl (C=O) groups excluding carboxylic acids is 2. The van der Waals surface area contributed by atoms with Gasteiger partial charge in [-0.3, -0.25) is 9.59 Å². The van der Waals surface area contributed by atoms with Crippen molar-refractivity contribution in [3.05, 3.63) is 77.3 Å². The SMILES string of the molecule is O=C(CC1Sc2ccc(Cl)cc2NC1=O)NCc1ccc(Cn2ccnc2)cc1. The summed E-state index contributed by atoms with van der Waals surface area (Å²) in [6, 6.07) is 13.4. The number of carbonyl (C=O) groups is 2. The third-order valence-corrected chi connectivity index (χ3v) is 6.08. The Kier molecular flexibility index (Phi) is 5.87. The number of hydrogen-bond donors (Lipinski definition) is 2. The van der Waals surface area contributed by atoms with Gasteiger partial charge in [0.15, 0.2) is 0 Å². The first-order valence-electron chi connectivity index (χ1n) is 9.14. The van der Waals surface area contributed by atoms with Crippen LogP contribution in [0.5, 0.6) is 0 Å². The molecule has 2 heterocycles. The Morgan fingerprint density at radius 3 is 2.76 bits per heavy atom. The highest BCUT2D eigenvalue weighted by atomic mass is 35.5. The van der Waals surface area contributed by atoms with E-state index in [2.05, 4.69) is 15.6 Å². The lowest BCUT2D eigenvalue weighted by Gasteiger charge is -2.23. The second kappa shape index (κ2) is 8.71. The van der Waals surface area contributed by atoms with Gasteiger partial charge in [0.1, 0.15) is 0 Å². The molecule has 1 atom stereocenters. The molecule has 1 aliphatic rings. The molecular formula is C21H19ClN4O2S. The Hall–Kier alpha value is -2.77. The fourth-order valence-electron chi connectivity index (χ4n) is 3.05.